The molecule has 0 aliphatic rings. The molecule has 0 radical (unpaired) electrons. The van der Waals surface area contributed by atoms with Crippen molar-refractivity contribution >= 4 is 17.3 Å². The summed E-state index contributed by atoms with van der Waals surface area (Å²) in [7, 11) is 0. The van der Waals surface area contributed by atoms with Crippen LogP contribution in [0.5, 0.6) is 5.06 Å². The summed E-state index contributed by atoms with van der Waals surface area (Å²) >= 11 is 0.751. The lowest BCUT2D eigenvalue weighted by atomic mass is 10.1. The summed E-state index contributed by atoms with van der Waals surface area (Å²) in [5, 5.41) is 0.864. The van der Waals surface area contributed by atoms with Crippen LogP contribution in [0.1, 0.15) is 41.3 Å². The van der Waals surface area contributed by atoms with E-state index in [4.69, 9.17) is 4.74 Å². The molecule has 0 amide bonds. The first-order valence-corrected chi connectivity index (χ1v) is 7.75. The monoisotopic (exact) mass is 328 g/mol. The van der Waals surface area contributed by atoms with Gasteiger partial charge in [-0.05, 0) is 30.5 Å². The molecule has 118 valence electrons. The van der Waals surface area contributed by atoms with Crippen molar-refractivity contribution < 1.29 is 22.7 Å². The molecule has 2 rings (SSSR count). The molecule has 1 aromatic heterocycles. The Bertz CT molecular complexity index is 630. The molecule has 2 nitrogen and oxygen atoms in total. The molecule has 1 aromatic carbocycles. The highest BCUT2D eigenvalue weighted by Crippen LogP contribution is 2.35. The van der Waals surface area contributed by atoms with Crippen LogP contribution >= 0.6 is 11.3 Å². The lowest BCUT2D eigenvalue weighted by Crippen LogP contribution is -2.08. The number of rotatable bonds is 5. The van der Waals surface area contributed by atoms with Gasteiger partial charge in [0.15, 0.2) is 5.06 Å². The van der Waals surface area contributed by atoms with E-state index in [0.29, 0.717) is 5.56 Å². The van der Waals surface area contributed by atoms with E-state index in [2.05, 4.69) is 6.92 Å². The molecular weight excluding hydrogens is 313 g/mol. The molecule has 0 saturated carbocycles. The number of esters is 1. The number of aryl methyl sites for hydroxylation is 1. The topological polar surface area (TPSA) is 26.3 Å². The number of thiophene rings is 1. The summed E-state index contributed by atoms with van der Waals surface area (Å²) < 4.78 is 42.4. The summed E-state index contributed by atoms with van der Waals surface area (Å²) in [6.07, 6.45) is -1.34. The number of benzene rings is 1. The molecule has 0 unspecified atom stereocenters. The van der Waals surface area contributed by atoms with Gasteiger partial charge < -0.3 is 4.74 Å². The maximum atomic E-state index is 12.5. The number of halogens is 3. The van der Waals surface area contributed by atoms with E-state index >= 15 is 0 Å². The molecule has 0 saturated heterocycles. The van der Waals surface area contributed by atoms with Gasteiger partial charge in [0.25, 0.3) is 0 Å². The van der Waals surface area contributed by atoms with Gasteiger partial charge in [0.05, 0.1) is 11.1 Å². The highest BCUT2D eigenvalue weighted by molar-refractivity contribution is 7.12. The van der Waals surface area contributed by atoms with Crippen molar-refractivity contribution in [3.8, 4) is 5.06 Å². The summed E-state index contributed by atoms with van der Waals surface area (Å²) in [6.45, 7) is 2.10. The Morgan fingerprint density at radius 2 is 1.91 bits per heavy atom. The van der Waals surface area contributed by atoms with Gasteiger partial charge in [0, 0.05) is 11.4 Å². The minimum Gasteiger partial charge on any atom is -0.412 e. The lowest BCUT2D eigenvalue weighted by Gasteiger charge is -2.04. The van der Waals surface area contributed by atoms with Crippen LogP contribution < -0.4 is 4.74 Å². The molecule has 0 atom stereocenters. The fourth-order valence-electron chi connectivity index (χ4n) is 1.86. The first-order valence-electron chi connectivity index (χ1n) is 6.87. The molecule has 2 aromatic rings. The molecule has 6 heteroatoms. The van der Waals surface area contributed by atoms with Crippen molar-refractivity contribution in [1.29, 1.82) is 0 Å². The minimum atomic E-state index is -4.43. The first kappa shape index (κ1) is 16.5. The van der Waals surface area contributed by atoms with Gasteiger partial charge in [0.2, 0.25) is 0 Å². The second-order valence-corrected chi connectivity index (χ2v) is 5.72. The fraction of sp³-hybridized carbons (Fsp3) is 0.312. The average Bonchev–Trinajstić information content (AvgIpc) is 2.94. The molecule has 0 N–H and O–H groups in total. The molecule has 0 aliphatic heterocycles. The standard InChI is InChI=1S/C16H15F3O2S/c1-2-3-4-11-5-7-12(8-6-11)15(20)21-14-9-13(10-22-14)16(17,18)19/h5-10H,2-4H2,1H3. The lowest BCUT2D eigenvalue weighted by molar-refractivity contribution is -0.137. The summed E-state index contributed by atoms with van der Waals surface area (Å²) in [6, 6.07) is 7.76. The number of ether oxygens (including phenoxy) is 1. The van der Waals surface area contributed by atoms with Crippen molar-refractivity contribution in [2.45, 2.75) is 32.4 Å². The zero-order valence-electron chi connectivity index (χ0n) is 11.9. The third-order valence-corrected chi connectivity index (χ3v) is 3.91. The predicted molar refractivity (Wildman–Crippen MR) is 79.3 cm³/mol. The highest BCUT2D eigenvalue weighted by atomic mass is 32.1. The second-order valence-electron chi connectivity index (χ2n) is 4.84. The molecule has 0 fully saturated rings. The summed E-state index contributed by atoms with van der Waals surface area (Å²) in [4.78, 5) is 11.9. The zero-order chi connectivity index (χ0) is 16.2. The number of unbranched alkanes of at least 4 members (excludes halogenated alkanes) is 1. The van der Waals surface area contributed by atoms with Crippen LogP contribution in [-0.2, 0) is 12.6 Å². The average molecular weight is 328 g/mol. The molecule has 0 spiro atoms. The van der Waals surface area contributed by atoms with Gasteiger partial charge >= 0.3 is 12.1 Å². The zero-order valence-corrected chi connectivity index (χ0v) is 12.8. The van der Waals surface area contributed by atoms with E-state index < -0.39 is 17.7 Å². The highest BCUT2D eigenvalue weighted by Gasteiger charge is 2.32. The Labute approximate surface area is 130 Å². The predicted octanol–water partition coefficient (Wildman–Crippen LogP) is 5.33. The van der Waals surface area contributed by atoms with Crippen LogP contribution in [0.25, 0.3) is 0 Å². The van der Waals surface area contributed by atoms with Crippen LogP contribution in [0.15, 0.2) is 35.7 Å². The Hall–Kier alpha value is -1.82. The SMILES string of the molecule is CCCCc1ccc(C(=O)Oc2cc(C(F)(F)F)cs2)cc1. The number of hydrogen-bond acceptors (Lipinski definition) is 3. The van der Waals surface area contributed by atoms with E-state index in [1.165, 1.54) is 0 Å². The van der Waals surface area contributed by atoms with Crippen molar-refractivity contribution in [3.05, 3.63) is 52.4 Å². The Morgan fingerprint density at radius 1 is 1.23 bits per heavy atom. The normalized spacial score (nSPS) is 11.5. The van der Waals surface area contributed by atoms with Gasteiger partial charge in [-0.2, -0.15) is 13.2 Å². The number of carbonyl (C=O) groups is 1. The van der Waals surface area contributed by atoms with Crippen molar-refractivity contribution in [2.24, 2.45) is 0 Å². The van der Waals surface area contributed by atoms with Crippen LogP contribution in [-0.4, -0.2) is 5.97 Å². The quantitative estimate of drug-likeness (QED) is 0.694. The first-order chi connectivity index (χ1) is 10.4. The van der Waals surface area contributed by atoms with Crippen LogP contribution in [0.2, 0.25) is 0 Å². The van der Waals surface area contributed by atoms with E-state index in [0.717, 1.165) is 47.6 Å². The van der Waals surface area contributed by atoms with E-state index in [1.807, 2.05) is 12.1 Å². The molecule has 0 aliphatic carbocycles. The maximum Gasteiger partial charge on any atom is 0.417 e. The number of alkyl halides is 3. The number of carbonyl (C=O) groups excluding carboxylic acids is 1. The smallest absolute Gasteiger partial charge is 0.412 e. The summed E-state index contributed by atoms with van der Waals surface area (Å²) in [5.41, 5.74) is 0.631. The third-order valence-electron chi connectivity index (χ3n) is 3.10. The minimum absolute atomic E-state index is 0.0626. The fourth-order valence-corrected chi connectivity index (χ4v) is 2.62. The largest absolute Gasteiger partial charge is 0.417 e. The van der Waals surface area contributed by atoms with Gasteiger partial charge in [0.1, 0.15) is 0 Å². The maximum absolute atomic E-state index is 12.5. The van der Waals surface area contributed by atoms with Crippen molar-refractivity contribution in [1.82, 2.24) is 0 Å². The Balaban J connectivity index is 2.01. The van der Waals surface area contributed by atoms with E-state index in [9.17, 15) is 18.0 Å². The third kappa shape index (κ3) is 4.34. The van der Waals surface area contributed by atoms with Crippen LogP contribution in [0, 0.1) is 0 Å². The Kier molecular flexibility index (Phi) is 5.24. The van der Waals surface area contributed by atoms with Gasteiger partial charge in [-0.3, -0.25) is 0 Å². The van der Waals surface area contributed by atoms with E-state index in [-0.39, 0.29) is 5.06 Å². The Morgan fingerprint density at radius 3 is 2.45 bits per heavy atom. The van der Waals surface area contributed by atoms with Gasteiger partial charge in [-0.25, -0.2) is 4.79 Å². The van der Waals surface area contributed by atoms with Crippen LogP contribution in [0.3, 0.4) is 0 Å². The van der Waals surface area contributed by atoms with Gasteiger partial charge in [-0.1, -0.05) is 25.5 Å². The second kappa shape index (κ2) is 6.96. The van der Waals surface area contributed by atoms with Crippen molar-refractivity contribution in [2.75, 3.05) is 0 Å². The van der Waals surface area contributed by atoms with Crippen LogP contribution in [0.4, 0.5) is 13.2 Å². The summed E-state index contributed by atoms with van der Waals surface area (Å²) in [5.74, 6) is -0.655. The molecule has 0 bridgehead atoms. The number of hydrogen-bond donors (Lipinski definition) is 0. The molecule has 22 heavy (non-hydrogen) atoms. The molecular formula is C16H15F3O2S. The van der Waals surface area contributed by atoms with E-state index in [1.54, 1.807) is 12.1 Å². The van der Waals surface area contributed by atoms with Crippen molar-refractivity contribution in [3.63, 3.8) is 0 Å². The van der Waals surface area contributed by atoms with Gasteiger partial charge in [-0.15, -0.1) is 11.3 Å². The molecule has 1 heterocycles.